The van der Waals surface area contributed by atoms with E-state index < -0.39 is 6.04 Å². The van der Waals surface area contributed by atoms with Gasteiger partial charge in [-0.2, -0.15) is 0 Å². The van der Waals surface area contributed by atoms with Gasteiger partial charge in [0, 0.05) is 24.2 Å². The van der Waals surface area contributed by atoms with Gasteiger partial charge in [-0.25, -0.2) is 4.98 Å². The van der Waals surface area contributed by atoms with Gasteiger partial charge in [0.1, 0.15) is 5.82 Å². The fraction of sp³-hybridized carbons (Fsp3) is 0.105. The van der Waals surface area contributed by atoms with Gasteiger partial charge in [0.25, 0.3) is 0 Å². The van der Waals surface area contributed by atoms with Crippen LogP contribution in [0.1, 0.15) is 5.56 Å². The first kappa shape index (κ1) is 15.8. The van der Waals surface area contributed by atoms with Crippen molar-refractivity contribution in [2.45, 2.75) is 12.5 Å². The fourth-order valence-corrected chi connectivity index (χ4v) is 2.36. The Morgan fingerprint density at radius 1 is 1.00 bits per heavy atom. The van der Waals surface area contributed by atoms with Gasteiger partial charge in [0.2, 0.25) is 5.91 Å². The number of aromatic nitrogens is 2. The Hall–Kier alpha value is -3.05. The average molecular weight is 318 g/mol. The van der Waals surface area contributed by atoms with Crippen molar-refractivity contribution >= 4 is 11.7 Å². The number of anilines is 1. The Labute approximate surface area is 140 Å². The SMILES string of the molecule is N[C@H](Cc1ccccc1)C(=O)Nc1ccc(-c2ccncc2)cn1. The molecule has 0 aliphatic heterocycles. The van der Waals surface area contributed by atoms with E-state index in [9.17, 15) is 4.79 Å². The van der Waals surface area contributed by atoms with Crippen molar-refractivity contribution in [3.05, 3.63) is 78.8 Å². The summed E-state index contributed by atoms with van der Waals surface area (Å²) in [6, 6.07) is 16.6. The monoisotopic (exact) mass is 318 g/mol. The van der Waals surface area contributed by atoms with Crippen LogP contribution in [0.4, 0.5) is 5.82 Å². The molecule has 1 amide bonds. The molecule has 0 aliphatic rings. The minimum absolute atomic E-state index is 0.247. The van der Waals surface area contributed by atoms with Gasteiger partial charge in [-0.05, 0) is 41.8 Å². The summed E-state index contributed by atoms with van der Waals surface area (Å²) in [5.74, 6) is 0.240. The predicted molar refractivity (Wildman–Crippen MR) is 94.2 cm³/mol. The standard InChI is InChI=1S/C19H18N4O/c20-17(12-14-4-2-1-3-5-14)19(24)23-18-7-6-16(13-22-18)15-8-10-21-11-9-15/h1-11,13,17H,12,20H2,(H,22,23,24)/t17-/m1/s1. The molecule has 2 aromatic heterocycles. The van der Waals surface area contributed by atoms with E-state index in [4.69, 9.17) is 5.73 Å². The molecular formula is C19H18N4O. The van der Waals surface area contributed by atoms with Gasteiger partial charge >= 0.3 is 0 Å². The lowest BCUT2D eigenvalue weighted by molar-refractivity contribution is -0.117. The highest BCUT2D eigenvalue weighted by atomic mass is 16.2. The summed E-state index contributed by atoms with van der Waals surface area (Å²) in [6.45, 7) is 0. The van der Waals surface area contributed by atoms with Crippen molar-refractivity contribution in [1.29, 1.82) is 0 Å². The summed E-state index contributed by atoms with van der Waals surface area (Å²) < 4.78 is 0. The van der Waals surface area contributed by atoms with E-state index in [0.29, 0.717) is 12.2 Å². The molecule has 5 heteroatoms. The average Bonchev–Trinajstić information content (AvgIpc) is 2.64. The van der Waals surface area contributed by atoms with Crippen LogP contribution in [0.15, 0.2) is 73.2 Å². The molecule has 3 rings (SSSR count). The van der Waals surface area contributed by atoms with Crippen molar-refractivity contribution in [2.24, 2.45) is 5.73 Å². The largest absolute Gasteiger partial charge is 0.320 e. The molecule has 5 nitrogen and oxygen atoms in total. The topological polar surface area (TPSA) is 80.9 Å². The molecule has 1 aromatic carbocycles. The number of pyridine rings is 2. The van der Waals surface area contributed by atoms with Gasteiger partial charge in [-0.15, -0.1) is 0 Å². The summed E-state index contributed by atoms with van der Waals surface area (Å²) in [5, 5.41) is 2.75. The minimum atomic E-state index is -0.617. The number of hydrogen-bond donors (Lipinski definition) is 2. The third-order valence-corrected chi connectivity index (χ3v) is 3.66. The van der Waals surface area contributed by atoms with Crippen LogP contribution in [-0.4, -0.2) is 21.9 Å². The normalized spacial score (nSPS) is 11.7. The maximum absolute atomic E-state index is 12.2. The molecule has 0 unspecified atom stereocenters. The van der Waals surface area contributed by atoms with Crippen molar-refractivity contribution in [3.8, 4) is 11.1 Å². The molecule has 3 aromatic rings. The molecule has 0 bridgehead atoms. The van der Waals surface area contributed by atoms with Crippen LogP contribution in [-0.2, 0) is 11.2 Å². The van der Waals surface area contributed by atoms with E-state index in [1.54, 1.807) is 24.7 Å². The fourth-order valence-electron chi connectivity index (χ4n) is 2.36. The van der Waals surface area contributed by atoms with Crippen molar-refractivity contribution in [1.82, 2.24) is 9.97 Å². The Bertz CT molecular complexity index is 789. The van der Waals surface area contributed by atoms with Crippen LogP contribution in [0.25, 0.3) is 11.1 Å². The Morgan fingerprint density at radius 2 is 1.75 bits per heavy atom. The van der Waals surface area contributed by atoms with Crippen LogP contribution in [0.2, 0.25) is 0 Å². The van der Waals surface area contributed by atoms with Crippen LogP contribution in [0.3, 0.4) is 0 Å². The molecule has 0 saturated carbocycles. The molecule has 0 spiro atoms. The summed E-state index contributed by atoms with van der Waals surface area (Å²) in [5.41, 5.74) is 8.99. The first-order valence-corrected chi connectivity index (χ1v) is 7.69. The van der Waals surface area contributed by atoms with E-state index in [1.165, 1.54) is 0 Å². The van der Waals surface area contributed by atoms with E-state index in [2.05, 4.69) is 15.3 Å². The number of amides is 1. The Balaban J connectivity index is 1.62. The Kier molecular flexibility index (Phi) is 4.93. The third kappa shape index (κ3) is 4.02. The molecule has 0 radical (unpaired) electrons. The molecular weight excluding hydrogens is 300 g/mol. The highest BCUT2D eigenvalue weighted by Crippen LogP contribution is 2.18. The molecule has 24 heavy (non-hydrogen) atoms. The molecule has 0 fully saturated rings. The smallest absolute Gasteiger partial charge is 0.242 e. The molecule has 1 atom stereocenters. The number of benzene rings is 1. The van der Waals surface area contributed by atoms with Gasteiger partial charge in [0.15, 0.2) is 0 Å². The zero-order valence-corrected chi connectivity index (χ0v) is 13.1. The summed E-state index contributed by atoms with van der Waals surface area (Å²) in [6.07, 6.45) is 5.66. The van der Waals surface area contributed by atoms with Crippen molar-refractivity contribution < 1.29 is 4.79 Å². The van der Waals surface area contributed by atoms with E-state index in [0.717, 1.165) is 16.7 Å². The van der Waals surface area contributed by atoms with Crippen molar-refractivity contribution in [2.75, 3.05) is 5.32 Å². The Morgan fingerprint density at radius 3 is 2.42 bits per heavy atom. The van der Waals surface area contributed by atoms with Crippen LogP contribution < -0.4 is 11.1 Å². The lowest BCUT2D eigenvalue weighted by atomic mass is 10.1. The number of nitrogens with two attached hydrogens (primary N) is 1. The lowest BCUT2D eigenvalue weighted by Crippen LogP contribution is -2.37. The maximum atomic E-state index is 12.2. The quantitative estimate of drug-likeness (QED) is 0.758. The zero-order valence-electron chi connectivity index (χ0n) is 13.1. The van der Waals surface area contributed by atoms with Gasteiger partial charge in [-0.3, -0.25) is 9.78 Å². The summed E-state index contributed by atoms with van der Waals surface area (Å²) in [7, 11) is 0. The zero-order chi connectivity index (χ0) is 16.8. The highest BCUT2D eigenvalue weighted by molar-refractivity contribution is 5.94. The number of rotatable bonds is 5. The second kappa shape index (κ2) is 7.48. The number of carbonyl (C=O) groups excluding carboxylic acids is 1. The molecule has 0 saturated heterocycles. The first-order valence-electron chi connectivity index (χ1n) is 7.69. The van der Waals surface area contributed by atoms with Gasteiger partial charge in [0.05, 0.1) is 6.04 Å². The second-order valence-corrected chi connectivity index (χ2v) is 5.45. The molecule has 3 N–H and O–H groups in total. The molecule has 120 valence electrons. The van der Waals surface area contributed by atoms with Crippen LogP contribution >= 0.6 is 0 Å². The van der Waals surface area contributed by atoms with E-state index in [-0.39, 0.29) is 5.91 Å². The number of nitrogens with one attached hydrogen (secondary N) is 1. The molecule has 2 heterocycles. The van der Waals surface area contributed by atoms with E-state index >= 15 is 0 Å². The molecule has 0 aliphatic carbocycles. The summed E-state index contributed by atoms with van der Waals surface area (Å²) >= 11 is 0. The van der Waals surface area contributed by atoms with Crippen LogP contribution in [0.5, 0.6) is 0 Å². The van der Waals surface area contributed by atoms with Gasteiger partial charge in [-0.1, -0.05) is 30.3 Å². The predicted octanol–water partition coefficient (Wildman–Crippen LogP) is 2.65. The van der Waals surface area contributed by atoms with Crippen molar-refractivity contribution in [3.63, 3.8) is 0 Å². The number of nitrogens with zero attached hydrogens (tertiary/aromatic N) is 2. The van der Waals surface area contributed by atoms with E-state index in [1.807, 2.05) is 48.5 Å². The van der Waals surface area contributed by atoms with Gasteiger partial charge < -0.3 is 11.1 Å². The second-order valence-electron chi connectivity index (χ2n) is 5.45. The lowest BCUT2D eigenvalue weighted by Gasteiger charge is -2.12. The number of carbonyl (C=O) groups is 1. The number of hydrogen-bond acceptors (Lipinski definition) is 4. The third-order valence-electron chi connectivity index (χ3n) is 3.66. The summed E-state index contributed by atoms with van der Waals surface area (Å²) in [4.78, 5) is 20.5. The minimum Gasteiger partial charge on any atom is -0.320 e. The van der Waals surface area contributed by atoms with Crippen LogP contribution in [0, 0.1) is 0 Å². The maximum Gasteiger partial charge on any atom is 0.242 e. The first-order chi connectivity index (χ1) is 11.7. The highest BCUT2D eigenvalue weighted by Gasteiger charge is 2.14.